The van der Waals surface area contributed by atoms with Gasteiger partial charge in [-0.3, -0.25) is 10.1 Å². The Bertz CT molecular complexity index is 865. The maximum atomic E-state index is 11.5. The molecule has 0 fully saturated rings. The van der Waals surface area contributed by atoms with E-state index in [9.17, 15) is 10.1 Å². The Kier molecular flexibility index (Phi) is 4.84. The van der Waals surface area contributed by atoms with Crippen LogP contribution in [0.5, 0.6) is 0 Å². The second-order valence-electron chi connectivity index (χ2n) is 5.29. The highest BCUT2D eigenvalue weighted by atomic mass is 16.6. The topological polar surface area (TPSA) is 119 Å². The fourth-order valence-corrected chi connectivity index (χ4v) is 2.29. The Balaban J connectivity index is 1.76. The van der Waals surface area contributed by atoms with Gasteiger partial charge in [0, 0.05) is 12.6 Å². The van der Waals surface area contributed by atoms with Crippen LogP contribution in [0.15, 0.2) is 47.2 Å². The molecule has 9 heteroatoms. The first kappa shape index (κ1) is 16.4. The minimum absolute atomic E-state index is 0.0514. The van der Waals surface area contributed by atoms with E-state index in [0.29, 0.717) is 24.5 Å². The van der Waals surface area contributed by atoms with Crippen LogP contribution < -0.4 is 10.6 Å². The summed E-state index contributed by atoms with van der Waals surface area (Å²) in [4.78, 5) is 18.9. The Morgan fingerprint density at radius 2 is 1.96 bits per heavy atom. The smallest absolute Gasteiger partial charge is 0.353 e. The summed E-state index contributed by atoms with van der Waals surface area (Å²) in [6.45, 7) is 2.23. The molecule has 0 spiro atoms. The van der Waals surface area contributed by atoms with Gasteiger partial charge >= 0.3 is 5.69 Å². The van der Waals surface area contributed by atoms with Crippen LogP contribution in [-0.2, 0) is 6.42 Å². The van der Waals surface area contributed by atoms with Crippen molar-refractivity contribution in [2.75, 3.05) is 17.2 Å². The molecule has 0 radical (unpaired) electrons. The molecule has 2 N–H and O–H groups in total. The highest BCUT2D eigenvalue weighted by Crippen LogP contribution is 2.30. The number of hydrogen-bond acceptors (Lipinski definition) is 8. The Labute approximate surface area is 143 Å². The zero-order chi connectivity index (χ0) is 17.6. The Morgan fingerprint density at radius 1 is 1.20 bits per heavy atom. The molecule has 0 saturated carbocycles. The average Bonchev–Trinajstić information content (AvgIpc) is 3.00. The van der Waals surface area contributed by atoms with Crippen molar-refractivity contribution in [1.82, 2.24) is 15.1 Å². The van der Waals surface area contributed by atoms with Gasteiger partial charge in [0.15, 0.2) is 5.82 Å². The lowest BCUT2D eigenvalue weighted by Gasteiger charge is -2.08. The van der Waals surface area contributed by atoms with Crippen molar-refractivity contribution >= 4 is 23.1 Å². The largest absolute Gasteiger partial charge is 0.364 e. The van der Waals surface area contributed by atoms with Crippen LogP contribution in [0, 0.1) is 17.0 Å². The number of nitrogens with zero attached hydrogens (tertiary/aromatic N) is 4. The van der Waals surface area contributed by atoms with Gasteiger partial charge in [0.1, 0.15) is 12.1 Å². The molecule has 0 amide bonds. The third-order valence-corrected chi connectivity index (χ3v) is 3.43. The molecule has 0 aliphatic heterocycles. The van der Waals surface area contributed by atoms with Gasteiger partial charge in [-0.05, 0) is 18.9 Å². The van der Waals surface area contributed by atoms with E-state index in [-0.39, 0.29) is 17.3 Å². The number of aromatic nitrogens is 3. The molecule has 3 aromatic rings. The van der Waals surface area contributed by atoms with Crippen LogP contribution in [0.4, 0.5) is 23.1 Å². The molecule has 0 bridgehead atoms. The van der Waals surface area contributed by atoms with Crippen molar-refractivity contribution in [3.05, 3.63) is 64.2 Å². The molecular formula is C16H16N6O3. The van der Waals surface area contributed by atoms with Crippen LogP contribution >= 0.6 is 0 Å². The third kappa shape index (κ3) is 4.08. The standard InChI is InChI=1S/C16H16N6O3/c1-11-9-13(21-25-11)20-16-14(22(23)24)15(18-10-19-16)17-8-7-12-5-3-2-4-6-12/h2-6,9-10H,7-8H2,1H3,(H2,17,18,19,20,21). The second kappa shape index (κ2) is 7.39. The van der Waals surface area contributed by atoms with Crippen molar-refractivity contribution < 1.29 is 9.45 Å². The molecule has 0 atom stereocenters. The Hall–Kier alpha value is -3.49. The summed E-state index contributed by atoms with van der Waals surface area (Å²) in [7, 11) is 0. The average molecular weight is 340 g/mol. The van der Waals surface area contributed by atoms with Gasteiger partial charge in [-0.2, -0.15) is 0 Å². The zero-order valence-corrected chi connectivity index (χ0v) is 13.5. The molecule has 9 nitrogen and oxygen atoms in total. The summed E-state index contributed by atoms with van der Waals surface area (Å²) < 4.78 is 4.94. The van der Waals surface area contributed by atoms with Gasteiger partial charge in [0.25, 0.3) is 0 Å². The maximum Gasteiger partial charge on any atom is 0.353 e. The lowest BCUT2D eigenvalue weighted by molar-refractivity contribution is -0.383. The highest BCUT2D eigenvalue weighted by molar-refractivity contribution is 5.72. The van der Waals surface area contributed by atoms with E-state index in [1.165, 1.54) is 6.33 Å². The van der Waals surface area contributed by atoms with Crippen molar-refractivity contribution in [3.63, 3.8) is 0 Å². The molecule has 2 aromatic heterocycles. The number of hydrogen-bond donors (Lipinski definition) is 2. The van der Waals surface area contributed by atoms with Crippen LogP contribution in [-0.4, -0.2) is 26.6 Å². The first-order chi connectivity index (χ1) is 12.1. The number of nitro groups is 1. The Morgan fingerprint density at radius 3 is 2.64 bits per heavy atom. The molecule has 0 aliphatic rings. The van der Waals surface area contributed by atoms with Crippen LogP contribution in [0.25, 0.3) is 0 Å². The summed E-state index contributed by atoms with van der Waals surface area (Å²) >= 11 is 0. The first-order valence-electron chi connectivity index (χ1n) is 7.61. The van der Waals surface area contributed by atoms with E-state index in [1.54, 1.807) is 13.0 Å². The molecular weight excluding hydrogens is 324 g/mol. The van der Waals surface area contributed by atoms with Crippen molar-refractivity contribution in [2.45, 2.75) is 13.3 Å². The number of benzene rings is 1. The second-order valence-corrected chi connectivity index (χ2v) is 5.29. The maximum absolute atomic E-state index is 11.5. The minimum atomic E-state index is -0.528. The van der Waals surface area contributed by atoms with E-state index < -0.39 is 4.92 Å². The number of anilines is 3. The fourth-order valence-electron chi connectivity index (χ4n) is 2.29. The number of rotatable bonds is 7. The van der Waals surface area contributed by atoms with Crippen LogP contribution in [0.3, 0.4) is 0 Å². The predicted molar refractivity (Wildman–Crippen MR) is 91.8 cm³/mol. The lowest BCUT2D eigenvalue weighted by atomic mass is 10.1. The summed E-state index contributed by atoms with van der Waals surface area (Å²) in [6, 6.07) is 11.4. The van der Waals surface area contributed by atoms with Crippen LogP contribution in [0.1, 0.15) is 11.3 Å². The van der Waals surface area contributed by atoms with Crippen molar-refractivity contribution in [3.8, 4) is 0 Å². The van der Waals surface area contributed by atoms with E-state index in [0.717, 1.165) is 5.56 Å². The van der Waals surface area contributed by atoms with E-state index in [1.807, 2.05) is 30.3 Å². The van der Waals surface area contributed by atoms with Gasteiger partial charge in [-0.25, -0.2) is 9.97 Å². The summed E-state index contributed by atoms with van der Waals surface area (Å²) in [5.41, 5.74) is 0.888. The van der Waals surface area contributed by atoms with E-state index in [4.69, 9.17) is 4.52 Å². The molecule has 0 unspecified atom stereocenters. The zero-order valence-electron chi connectivity index (χ0n) is 13.5. The summed E-state index contributed by atoms with van der Waals surface area (Å²) in [5.74, 6) is 1.13. The molecule has 2 heterocycles. The van der Waals surface area contributed by atoms with Crippen LogP contribution in [0.2, 0.25) is 0 Å². The molecule has 128 valence electrons. The van der Waals surface area contributed by atoms with E-state index in [2.05, 4.69) is 25.8 Å². The molecule has 0 saturated heterocycles. The lowest BCUT2D eigenvalue weighted by Crippen LogP contribution is -2.10. The summed E-state index contributed by atoms with van der Waals surface area (Å²) in [6.07, 6.45) is 1.97. The van der Waals surface area contributed by atoms with Gasteiger partial charge in [-0.15, -0.1) is 0 Å². The molecule has 0 aliphatic carbocycles. The summed E-state index contributed by atoms with van der Waals surface area (Å²) in [5, 5.41) is 21.0. The first-order valence-corrected chi connectivity index (χ1v) is 7.61. The monoisotopic (exact) mass is 340 g/mol. The minimum Gasteiger partial charge on any atom is -0.364 e. The van der Waals surface area contributed by atoms with E-state index >= 15 is 0 Å². The molecule has 3 rings (SSSR count). The SMILES string of the molecule is Cc1cc(Nc2ncnc(NCCc3ccccc3)c2[N+](=O)[O-])no1. The van der Waals surface area contributed by atoms with Gasteiger partial charge in [-0.1, -0.05) is 35.5 Å². The number of aryl methyl sites for hydroxylation is 1. The predicted octanol–water partition coefficient (Wildman–Crippen LogP) is 3.08. The normalized spacial score (nSPS) is 10.4. The van der Waals surface area contributed by atoms with Gasteiger partial charge < -0.3 is 15.2 Å². The van der Waals surface area contributed by atoms with Gasteiger partial charge in [0.05, 0.1) is 4.92 Å². The van der Waals surface area contributed by atoms with Crippen molar-refractivity contribution in [2.24, 2.45) is 0 Å². The van der Waals surface area contributed by atoms with Gasteiger partial charge in [0.2, 0.25) is 11.6 Å². The quantitative estimate of drug-likeness (QED) is 0.497. The molecule has 25 heavy (non-hydrogen) atoms. The van der Waals surface area contributed by atoms with Crippen molar-refractivity contribution in [1.29, 1.82) is 0 Å². The number of nitrogens with one attached hydrogen (secondary N) is 2. The fraction of sp³-hybridized carbons (Fsp3) is 0.188. The third-order valence-electron chi connectivity index (χ3n) is 3.43. The highest BCUT2D eigenvalue weighted by Gasteiger charge is 2.23. The molecule has 1 aromatic carbocycles.